The standard InChI is InChI=1S/C13H19N2O8P.C10H15N3O5.C9H12FN3O4.C9H11FN2O5.C8H12N4O5.C5H4FN3O2/c1-7(2)22-24(19)20-6-8-10(23-24)13(3,18)11(21-8)15-5-4-9(16)14-12(15)17;1-10(17)7(15)5(4-14)18-8(10)13-3-2-6(11)12-9(13)16;10-6-7(15)4(3-14)17-8(6)13-2-1-5(11)12-9(13)16;10-6-7(15)4(3-13)17-8(6)12-2-1-5(14)11-9(12)16;9-6(16)7-10-2-12(11-7)8-5(15)4(14)3(1-13)17-8;6-2-1-8-5(11)3(9-2)4(7)10/h4-5,7-8,10-11,18H,6H2,1-3H3,(H,14,16,17);2-3,5,7-8,14-15,17H,4H2,1H3,(H2,11,12,16);1-2,4,6-8,14-15H,3H2,(H2,11,12,16);1-2,4,6-8,13,15H,3H2,(H,11,14,16);2-5,8,13-15H,1H2,(H2,9,16);1H,(H2,7,10)(H,8,11)/t8-,10+,11-,13?,24?;5-,7+,8-,10?;2*4-,6?,7+,8-;3-,4+,5?,8-;/m11111./s1. The zero-order chi connectivity index (χ0) is 77.4. The molecule has 0 bridgehead atoms. The molecule has 6 aliphatic rings. The Morgan fingerprint density at radius 3 is 1.58 bits per heavy atom. The predicted molar refractivity (Wildman–Crippen MR) is 334 cm³/mol. The minimum absolute atomic E-state index is 0.0129. The number of H-pyrrole nitrogens is 3. The number of aliphatic hydroxyl groups excluding tert-OH is 9. The van der Waals surface area contributed by atoms with Crippen molar-refractivity contribution in [3.8, 4) is 0 Å². The van der Waals surface area contributed by atoms with Crippen molar-refractivity contribution < 1.29 is 121 Å². The van der Waals surface area contributed by atoms with Gasteiger partial charge in [-0.05, 0) is 39.8 Å². The van der Waals surface area contributed by atoms with Crippen LogP contribution in [0.4, 0.5) is 24.8 Å². The van der Waals surface area contributed by atoms with Gasteiger partial charge in [0, 0.05) is 36.9 Å². The van der Waals surface area contributed by atoms with E-state index in [9.17, 15) is 96.6 Å². The summed E-state index contributed by atoms with van der Waals surface area (Å²) < 4.78 is 98.8. The van der Waals surface area contributed by atoms with Gasteiger partial charge in [-0.25, -0.2) is 47.2 Å². The number of primary amides is 2. The number of rotatable bonds is 13. The van der Waals surface area contributed by atoms with E-state index in [1.165, 1.54) is 44.6 Å². The highest BCUT2D eigenvalue weighted by Gasteiger charge is 2.61. The van der Waals surface area contributed by atoms with Gasteiger partial charge in [-0.2, -0.15) is 14.4 Å². The van der Waals surface area contributed by atoms with Gasteiger partial charge in [0.1, 0.15) is 96.3 Å². The second-order valence-corrected chi connectivity index (χ2v) is 25.0. The molecule has 6 aromatic heterocycles. The van der Waals surface area contributed by atoms with Crippen LogP contribution in [0, 0.1) is 5.95 Å². The molecule has 104 heavy (non-hydrogen) atoms. The number of nitrogens with one attached hydrogen (secondary N) is 3. The molecule has 6 saturated heterocycles. The summed E-state index contributed by atoms with van der Waals surface area (Å²) in [6, 6.07) is 4.86. The number of ether oxygens (including phenoxy) is 5. The van der Waals surface area contributed by atoms with Crippen molar-refractivity contribution in [2.24, 2.45) is 11.5 Å². The maximum absolute atomic E-state index is 13.7. The third-order valence-electron chi connectivity index (χ3n) is 15.5. The summed E-state index contributed by atoms with van der Waals surface area (Å²) in [5.74, 6) is -2.96. The topological polar surface area (TPSA) is 708 Å². The number of nitrogens with zero attached hydrogens (tertiary/aromatic N) is 10. The van der Waals surface area contributed by atoms with Crippen molar-refractivity contribution in [3.05, 3.63) is 152 Å². The van der Waals surface area contributed by atoms with Crippen molar-refractivity contribution in [1.29, 1.82) is 0 Å². The van der Waals surface area contributed by atoms with E-state index in [0.29, 0.717) is 0 Å². The quantitative estimate of drug-likeness (QED) is 0.0478. The lowest BCUT2D eigenvalue weighted by Crippen LogP contribution is -2.49. The maximum Gasteiger partial charge on any atom is 0.475 e. The number of nitrogens with two attached hydrogens (primary N) is 4. The fraction of sp³-hybridized carbons (Fsp3) is 0.556. The number of hydrogen-bond donors (Lipinski definition) is 18. The molecule has 6 unspecified atom stereocenters. The molecule has 574 valence electrons. The first-order valence-electron chi connectivity index (χ1n) is 30.3. The van der Waals surface area contributed by atoms with Crippen LogP contribution in [0.1, 0.15) is 79.9 Å². The molecule has 0 saturated carbocycles. The highest BCUT2D eigenvalue weighted by atomic mass is 31.2. The zero-order valence-electron chi connectivity index (χ0n) is 54.4. The molecule has 6 fully saturated rings. The smallest absolute Gasteiger partial charge is 0.394 e. The average Bonchev–Trinajstić information content (AvgIpc) is 1.58. The number of aromatic amines is 3. The van der Waals surface area contributed by atoms with E-state index in [1.54, 1.807) is 13.8 Å². The van der Waals surface area contributed by atoms with Crippen LogP contribution in [0.15, 0.2) is 95.1 Å². The zero-order valence-corrected chi connectivity index (χ0v) is 55.3. The third-order valence-corrected chi connectivity index (χ3v) is 17.2. The fourth-order valence-corrected chi connectivity index (χ4v) is 12.0. The Kier molecular flexibility index (Phi) is 27.1. The van der Waals surface area contributed by atoms with Crippen molar-refractivity contribution >= 4 is 31.3 Å². The number of anilines is 2. The number of fused-ring (bicyclic) bond motifs is 1. The molecule has 0 aromatic carbocycles. The van der Waals surface area contributed by atoms with Crippen molar-refractivity contribution in [3.63, 3.8) is 0 Å². The summed E-state index contributed by atoms with van der Waals surface area (Å²) >= 11 is 0. The lowest BCUT2D eigenvalue weighted by atomic mass is 9.96. The van der Waals surface area contributed by atoms with Crippen LogP contribution < -0.4 is 62.4 Å². The highest BCUT2D eigenvalue weighted by Crippen LogP contribution is 2.59. The number of halogens is 3. The first kappa shape index (κ1) is 82.2. The van der Waals surface area contributed by atoms with Gasteiger partial charge >= 0.3 is 30.6 Å². The summed E-state index contributed by atoms with van der Waals surface area (Å²) in [7, 11) is -3.84. The van der Waals surface area contributed by atoms with Crippen LogP contribution in [-0.4, -0.2) is 261 Å². The van der Waals surface area contributed by atoms with Crippen LogP contribution in [0.25, 0.3) is 0 Å². The summed E-state index contributed by atoms with van der Waals surface area (Å²) in [5.41, 5.74) is 11.3. The van der Waals surface area contributed by atoms with E-state index in [0.717, 1.165) is 53.8 Å². The summed E-state index contributed by atoms with van der Waals surface area (Å²) in [4.78, 5) is 120. The molecule has 12 rings (SSSR count). The Labute approximate surface area is 577 Å². The van der Waals surface area contributed by atoms with Gasteiger partial charge in [-0.3, -0.25) is 65.8 Å². The average molecular weight is 1510 g/mol. The number of aliphatic hydroxyl groups is 11. The van der Waals surface area contributed by atoms with Gasteiger partial charge in [0.05, 0.1) is 45.3 Å². The van der Waals surface area contributed by atoms with Crippen molar-refractivity contribution in [2.75, 3.05) is 44.5 Å². The SMILES string of the molecule is CC(C)OP1(=O)OC[C@H]2O[C@@H](n3ccc(=O)[nH]c3=O)C(C)(O)[C@H]2O1.CC1(O)[C@@H](O)[C@@H](CO)O[C@H]1n1ccc(N)nc1=O.NC(=O)c1nc(F)c[nH]c1=O.NC(=O)c1ncn([C@@H]2O[C@H](CO)[C@H](O)C2O)n1.Nc1ccn([C@@H]2O[C@H](CO)[C@H](O)C2F)c(=O)n1.O=c1ccn([C@@H]2O[C@H](CO)[C@H](O)C2F)c(=O)[nH]1. The molecule has 12 heterocycles. The molecular weight excluding hydrogens is 1440 g/mol. The molecule has 6 aliphatic heterocycles. The maximum atomic E-state index is 13.7. The molecule has 0 spiro atoms. The Morgan fingerprint density at radius 1 is 0.654 bits per heavy atom. The lowest BCUT2D eigenvalue weighted by Gasteiger charge is -2.35. The van der Waals surface area contributed by atoms with Crippen LogP contribution in [0.5, 0.6) is 0 Å². The molecule has 0 aliphatic carbocycles. The Balaban J connectivity index is 0.000000177. The minimum atomic E-state index is -3.84. The second-order valence-electron chi connectivity index (χ2n) is 23.4. The first-order chi connectivity index (χ1) is 48.7. The van der Waals surface area contributed by atoms with Crippen LogP contribution >= 0.6 is 7.82 Å². The molecule has 6 aromatic rings. The molecule has 50 heteroatoms. The van der Waals surface area contributed by atoms with Gasteiger partial charge in [0.25, 0.3) is 28.5 Å². The minimum Gasteiger partial charge on any atom is -0.394 e. The Morgan fingerprint density at radius 2 is 1.13 bits per heavy atom. The van der Waals surface area contributed by atoms with Gasteiger partial charge in [-0.15, -0.1) is 5.10 Å². The van der Waals surface area contributed by atoms with Gasteiger partial charge < -0.3 is 108 Å². The molecule has 22 N–H and O–H groups in total. The molecule has 21 atom stereocenters. The van der Waals surface area contributed by atoms with Gasteiger partial charge in [0.15, 0.2) is 49.2 Å². The fourth-order valence-electron chi connectivity index (χ4n) is 10.4. The number of nitrogen functional groups attached to an aromatic ring is 2. The number of hydrogen-bond acceptors (Lipinski definition) is 36. The van der Waals surface area contributed by atoms with Crippen LogP contribution in [0.3, 0.4) is 0 Å². The number of phosphoric ester groups is 1. The highest BCUT2D eigenvalue weighted by molar-refractivity contribution is 7.48. The van der Waals surface area contributed by atoms with E-state index in [4.69, 9.17) is 80.6 Å². The third kappa shape index (κ3) is 18.7. The van der Waals surface area contributed by atoms with E-state index >= 15 is 0 Å². The monoisotopic (exact) mass is 1510 g/mol. The molecule has 0 radical (unpaired) electrons. The van der Waals surface area contributed by atoms with Crippen molar-refractivity contribution in [2.45, 2.75) is 156 Å². The summed E-state index contributed by atoms with van der Waals surface area (Å²) in [6.07, 6.45) is -15.9. The predicted octanol–water partition coefficient (Wildman–Crippen LogP) is -9.50. The molecular formula is C54H73F3N17O29P. The van der Waals surface area contributed by atoms with Crippen molar-refractivity contribution in [1.82, 2.24) is 62.9 Å². The van der Waals surface area contributed by atoms with Gasteiger partial charge in [-0.1, -0.05) is 0 Å². The van der Waals surface area contributed by atoms with Gasteiger partial charge in [0.2, 0.25) is 11.8 Å². The van der Waals surface area contributed by atoms with E-state index in [-0.39, 0.29) is 24.1 Å². The number of carbonyl (C=O) groups excluding carboxylic acids is 2. The number of phosphoric acid groups is 1. The van der Waals surface area contributed by atoms with Crippen LogP contribution in [0.2, 0.25) is 0 Å². The number of carbonyl (C=O) groups is 2. The second kappa shape index (κ2) is 34.2. The molecule has 46 nitrogen and oxygen atoms in total. The van der Waals surface area contributed by atoms with E-state index in [1.807, 2.05) is 9.97 Å². The summed E-state index contributed by atoms with van der Waals surface area (Å²) in [5, 5.41) is 108. The first-order valence-corrected chi connectivity index (χ1v) is 31.7. The largest absolute Gasteiger partial charge is 0.475 e. The number of alkyl halides is 2. The number of aromatic nitrogens is 13. The Hall–Kier alpha value is -9.06. The normalized spacial score (nSPS) is 32.4. The van der Waals surface area contributed by atoms with Crippen LogP contribution in [-0.2, 0) is 41.8 Å². The molecule has 2 amide bonds. The van der Waals surface area contributed by atoms with E-state index < -0.39 is 225 Å². The Bertz CT molecular complexity index is 4440. The van der Waals surface area contributed by atoms with E-state index in [2.05, 4.69) is 30.0 Å². The lowest BCUT2D eigenvalue weighted by molar-refractivity contribution is -0.0986. The summed E-state index contributed by atoms with van der Waals surface area (Å²) in [6.45, 7) is 3.93. The number of amides is 2.